The van der Waals surface area contributed by atoms with Crippen LogP contribution in [0, 0.1) is 5.92 Å². The van der Waals surface area contributed by atoms with Gasteiger partial charge in [-0.05, 0) is 24.1 Å². The highest BCUT2D eigenvalue weighted by molar-refractivity contribution is 9.10. The highest BCUT2D eigenvalue weighted by atomic mass is 79.9. The summed E-state index contributed by atoms with van der Waals surface area (Å²) in [6, 6.07) is 5.77. The molecule has 2 aromatic rings. The van der Waals surface area contributed by atoms with Crippen LogP contribution < -0.4 is 11.1 Å². The largest absolute Gasteiger partial charge is 0.397 e. The zero-order valence-electron chi connectivity index (χ0n) is 10.4. The Morgan fingerprint density at radius 3 is 3.00 bits per heavy atom. The summed E-state index contributed by atoms with van der Waals surface area (Å²) in [7, 11) is 0. The van der Waals surface area contributed by atoms with E-state index in [2.05, 4.69) is 21.2 Å². The fraction of sp³-hybridized carbons (Fsp3) is 0.308. The summed E-state index contributed by atoms with van der Waals surface area (Å²) in [5, 5.41) is 12.6. The lowest BCUT2D eigenvalue weighted by Gasteiger charge is -2.08. The Bertz CT molecular complexity index is 612. The molecule has 0 spiro atoms. The minimum absolute atomic E-state index is 0.0358. The number of nitrogen functional groups attached to an aromatic ring is 1. The SMILES string of the molecule is CC(CO)CNC(=O)c1sc2ccc(Br)cc2c1N. The van der Waals surface area contributed by atoms with Crippen LogP contribution in [0.25, 0.3) is 10.1 Å². The molecule has 19 heavy (non-hydrogen) atoms. The topological polar surface area (TPSA) is 75.3 Å². The number of aliphatic hydroxyl groups is 1. The molecule has 0 aliphatic heterocycles. The van der Waals surface area contributed by atoms with Crippen LogP contribution >= 0.6 is 27.3 Å². The maximum Gasteiger partial charge on any atom is 0.263 e. The third-order valence-corrected chi connectivity index (χ3v) is 4.50. The van der Waals surface area contributed by atoms with E-state index < -0.39 is 0 Å². The van der Waals surface area contributed by atoms with E-state index in [0.717, 1.165) is 14.6 Å². The molecule has 0 aliphatic carbocycles. The number of hydrogen-bond acceptors (Lipinski definition) is 4. The standard InChI is InChI=1S/C13H15BrN2O2S/c1-7(6-17)5-16-13(18)12-11(15)9-4-8(14)2-3-10(9)19-12/h2-4,7,17H,5-6,15H2,1H3,(H,16,18). The molecular weight excluding hydrogens is 328 g/mol. The molecule has 0 fully saturated rings. The fourth-order valence-electron chi connectivity index (χ4n) is 1.67. The van der Waals surface area contributed by atoms with Gasteiger partial charge in [-0.25, -0.2) is 0 Å². The number of anilines is 1. The summed E-state index contributed by atoms with van der Waals surface area (Å²) < 4.78 is 1.92. The normalized spacial score (nSPS) is 12.6. The number of aliphatic hydroxyl groups excluding tert-OH is 1. The molecule has 0 saturated carbocycles. The van der Waals surface area contributed by atoms with Gasteiger partial charge >= 0.3 is 0 Å². The van der Waals surface area contributed by atoms with E-state index in [1.54, 1.807) is 0 Å². The molecule has 1 heterocycles. The van der Waals surface area contributed by atoms with Gasteiger partial charge < -0.3 is 16.2 Å². The number of thiophene rings is 1. The molecular formula is C13H15BrN2O2S. The van der Waals surface area contributed by atoms with E-state index in [1.165, 1.54) is 11.3 Å². The first kappa shape index (κ1) is 14.3. The minimum Gasteiger partial charge on any atom is -0.397 e. The first-order chi connectivity index (χ1) is 9.02. The van der Waals surface area contributed by atoms with Gasteiger partial charge in [0.1, 0.15) is 4.88 Å². The van der Waals surface area contributed by atoms with Crippen molar-refractivity contribution in [1.29, 1.82) is 0 Å². The first-order valence-electron chi connectivity index (χ1n) is 5.89. The average Bonchev–Trinajstić information content (AvgIpc) is 2.73. The third-order valence-electron chi connectivity index (χ3n) is 2.82. The molecule has 0 saturated heterocycles. The van der Waals surface area contributed by atoms with E-state index in [-0.39, 0.29) is 18.4 Å². The second-order valence-corrected chi connectivity index (χ2v) is 6.45. The fourth-order valence-corrected chi connectivity index (χ4v) is 3.05. The van der Waals surface area contributed by atoms with Gasteiger partial charge in [-0.3, -0.25) is 4.79 Å². The lowest BCUT2D eigenvalue weighted by Crippen LogP contribution is -2.29. The van der Waals surface area contributed by atoms with E-state index in [0.29, 0.717) is 17.1 Å². The van der Waals surface area contributed by atoms with Gasteiger partial charge in [-0.2, -0.15) is 0 Å². The summed E-state index contributed by atoms with van der Waals surface area (Å²) in [6.07, 6.45) is 0. The summed E-state index contributed by atoms with van der Waals surface area (Å²) in [6.45, 7) is 2.35. The van der Waals surface area contributed by atoms with Crippen LogP contribution in [0.15, 0.2) is 22.7 Å². The lowest BCUT2D eigenvalue weighted by atomic mass is 10.2. The van der Waals surface area contributed by atoms with Crippen molar-refractivity contribution in [2.75, 3.05) is 18.9 Å². The number of hydrogen-bond donors (Lipinski definition) is 3. The number of fused-ring (bicyclic) bond motifs is 1. The molecule has 0 bridgehead atoms. The van der Waals surface area contributed by atoms with Gasteiger partial charge in [-0.1, -0.05) is 22.9 Å². The quantitative estimate of drug-likeness (QED) is 0.799. The maximum absolute atomic E-state index is 12.1. The second kappa shape index (κ2) is 5.90. The predicted molar refractivity (Wildman–Crippen MR) is 82.5 cm³/mol. The number of amides is 1. The molecule has 1 unspecified atom stereocenters. The Balaban J connectivity index is 2.25. The molecule has 6 heteroatoms. The van der Waals surface area contributed by atoms with Crippen LogP contribution in [0.5, 0.6) is 0 Å². The summed E-state index contributed by atoms with van der Waals surface area (Å²) in [4.78, 5) is 12.6. The Morgan fingerprint density at radius 1 is 1.58 bits per heavy atom. The zero-order chi connectivity index (χ0) is 14.0. The van der Waals surface area contributed by atoms with Crippen LogP contribution in [0.3, 0.4) is 0 Å². The van der Waals surface area contributed by atoms with Crippen LogP contribution in [0.2, 0.25) is 0 Å². The van der Waals surface area contributed by atoms with Gasteiger partial charge in [-0.15, -0.1) is 11.3 Å². The average molecular weight is 343 g/mol. The number of nitrogens with two attached hydrogens (primary N) is 1. The zero-order valence-corrected chi connectivity index (χ0v) is 12.8. The van der Waals surface area contributed by atoms with Crippen LogP contribution in [-0.2, 0) is 0 Å². The minimum atomic E-state index is -0.185. The molecule has 1 atom stereocenters. The predicted octanol–water partition coefficient (Wildman–Crippen LogP) is 2.60. The number of halogens is 1. The van der Waals surface area contributed by atoms with Gasteiger partial charge in [0.25, 0.3) is 5.91 Å². The van der Waals surface area contributed by atoms with Crippen LogP contribution in [-0.4, -0.2) is 24.2 Å². The van der Waals surface area contributed by atoms with Crippen molar-refractivity contribution < 1.29 is 9.90 Å². The number of benzene rings is 1. The van der Waals surface area contributed by atoms with Crippen molar-refractivity contribution in [3.63, 3.8) is 0 Å². The van der Waals surface area contributed by atoms with Crippen molar-refractivity contribution in [3.8, 4) is 0 Å². The van der Waals surface area contributed by atoms with E-state index in [9.17, 15) is 4.79 Å². The summed E-state index contributed by atoms with van der Waals surface area (Å²) >= 11 is 4.77. The molecule has 1 amide bonds. The highest BCUT2D eigenvalue weighted by Gasteiger charge is 2.16. The highest BCUT2D eigenvalue weighted by Crippen LogP contribution is 2.35. The Morgan fingerprint density at radius 2 is 2.32 bits per heavy atom. The number of nitrogens with one attached hydrogen (secondary N) is 1. The smallest absolute Gasteiger partial charge is 0.263 e. The van der Waals surface area contributed by atoms with Crippen molar-refractivity contribution in [3.05, 3.63) is 27.5 Å². The molecule has 4 N–H and O–H groups in total. The number of rotatable bonds is 4. The first-order valence-corrected chi connectivity index (χ1v) is 7.50. The maximum atomic E-state index is 12.1. The molecule has 0 radical (unpaired) electrons. The van der Waals surface area contributed by atoms with Crippen molar-refractivity contribution >= 4 is 48.9 Å². The number of carbonyl (C=O) groups excluding carboxylic acids is 1. The third kappa shape index (κ3) is 3.08. The van der Waals surface area contributed by atoms with E-state index in [1.807, 2.05) is 25.1 Å². The Kier molecular flexibility index (Phi) is 4.44. The molecule has 0 aliphatic rings. The lowest BCUT2D eigenvalue weighted by molar-refractivity contribution is 0.0947. The van der Waals surface area contributed by atoms with Crippen molar-refractivity contribution in [1.82, 2.24) is 5.32 Å². The van der Waals surface area contributed by atoms with Crippen LogP contribution in [0.4, 0.5) is 5.69 Å². The number of carbonyl (C=O) groups is 1. The van der Waals surface area contributed by atoms with Crippen molar-refractivity contribution in [2.24, 2.45) is 5.92 Å². The summed E-state index contributed by atoms with van der Waals surface area (Å²) in [5.74, 6) is -0.149. The van der Waals surface area contributed by atoms with Gasteiger partial charge in [0.2, 0.25) is 0 Å². The molecule has 1 aromatic carbocycles. The van der Waals surface area contributed by atoms with E-state index >= 15 is 0 Å². The van der Waals surface area contributed by atoms with Gasteiger partial charge in [0.15, 0.2) is 0 Å². The molecule has 102 valence electrons. The Hall–Kier alpha value is -1.11. The summed E-state index contributed by atoms with van der Waals surface area (Å²) in [5.41, 5.74) is 6.54. The van der Waals surface area contributed by atoms with E-state index in [4.69, 9.17) is 10.8 Å². The molecule has 4 nitrogen and oxygen atoms in total. The van der Waals surface area contributed by atoms with Gasteiger partial charge in [0, 0.05) is 27.7 Å². The van der Waals surface area contributed by atoms with Crippen molar-refractivity contribution in [2.45, 2.75) is 6.92 Å². The van der Waals surface area contributed by atoms with Gasteiger partial charge in [0.05, 0.1) is 5.69 Å². The van der Waals surface area contributed by atoms with Crippen LogP contribution in [0.1, 0.15) is 16.6 Å². The monoisotopic (exact) mass is 342 g/mol. The molecule has 2 rings (SSSR count). The Labute approximate surface area is 123 Å². The second-order valence-electron chi connectivity index (χ2n) is 4.48. The molecule has 1 aromatic heterocycles.